The van der Waals surface area contributed by atoms with Crippen LogP contribution in [0.3, 0.4) is 0 Å². The molecule has 1 aromatic heterocycles. The molecule has 1 saturated heterocycles. The second-order valence-electron chi connectivity index (χ2n) is 5.67. The van der Waals surface area contributed by atoms with Crippen LogP contribution < -0.4 is 4.90 Å². The van der Waals surface area contributed by atoms with E-state index in [0.29, 0.717) is 24.3 Å². The van der Waals surface area contributed by atoms with Crippen LogP contribution in [0.15, 0.2) is 35.7 Å². The number of hydrogen-bond acceptors (Lipinski definition) is 6. The molecule has 0 amide bonds. The van der Waals surface area contributed by atoms with Gasteiger partial charge in [-0.05, 0) is 36.4 Å². The summed E-state index contributed by atoms with van der Waals surface area (Å²) < 4.78 is 5.71. The van der Waals surface area contributed by atoms with Gasteiger partial charge in [0.15, 0.2) is 0 Å². The van der Waals surface area contributed by atoms with Crippen LogP contribution in [0.25, 0.3) is 0 Å². The van der Waals surface area contributed by atoms with E-state index in [1.54, 1.807) is 23.5 Å². The number of nitro benzene ring substituents is 1. The van der Waals surface area contributed by atoms with Gasteiger partial charge in [-0.25, -0.2) is 0 Å². The Kier molecular flexibility index (Phi) is 5.08. The standard InChI is InChI=1S/C17H17N3O3S/c18-10-13-5-6-16(17(9-13)20(21)22)19(11-14-3-1-7-23-14)12-15-4-2-8-24-15/h2,4-6,8-9,14H,1,3,7,11-12H2. The molecule has 24 heavy (non-hydrogen) atoms. The molecule has 1 aromatic carbocycles. The fourth-order valence-electron chi connectivity index (χ4n) is 2.88. The maximum absolute atomic E-state index is 11.5. The van der Waals surface area contributed by atoms with Gasteiger partial charge in [0.05, 0.1) is 29.2 Å². The molecule has 3 rings (SSSR count). The first kappa shape index (κ1) is 16.4. The number of anilines is 1. The van der Waals surface area contributed by atoms with Crippen LogP contribution in [0.4, 0.5) is 11.4 Å². The highest BCUT2D eigenvalue weighted by molar-refractivity contribution is 7.09. The van der Waals surface area contributed by atoms with Crippen LogP contribution >= 0.6 is 11.3 Å². The van der Waals surface area contributed by atoms with E-state index in [-0.39, 0.29) is 11.8 Å². The van der Waals surface area contributed by atoms with Crippen molar-refractivity contribution in [1.82, 2.24) is 0 Å². The molecule has 1 aliphatic heterocycles. The molecule has 1 aliphatic rings. The lowest BCUT2D eigenvalue weighted by Gasteiger charge is -2.26. The zero-order chi connectivity index (χ0) is 16.9. The van der Waals surface area contributed by atoms with Crippen LogP contribution in [-0.2, 0) is 11.3 Å². The SMILES string of the molecule is N#Cc1ccc(N(Cc2cccs2)CC2CCCO2)c([N+](=O)[O-])c1. The van der Waals surface area contributed by atoms with Crippen LogP contribution in [0.2, 0.25) is 0 Å². The molecule has 0 bridgehead atoms. The average molecular weight is 343 g/mol. The summed E-state index contributed by atoms with van der Waals surface area (Å²) in [6.45, 7) is 1.93. The third-order valence-electron chi connectivity index (χ3n) is 4.02. The number of thiophene rings is 1. The first-order valence-corrected chi connectivity index (χ1v) is 8.63. The van der Waals surface area contributed by atoms with Gasteiger partial charge in [0.2, 0.25) is 0 Å². The highest BCUT2D eigenvalue weighted by Gasteiger charge is 2.25. The molecule has 7 heteroatoms. The summed E-state index contributed by atoms with van der Waals surface area (Å²) >= 11 is 1.62. The van der Waals surface area contributed by atoms with Crippen LogP contribution in [0, 0.1) is 21.4 Å². The van der Waals surface area contributed by atoms with E-state index >= 15 is 0 Å². The third kappa shape index (κ3) is 3.72. The van der Waals surface area contributed by atoms with Crippen molar-refractivity contribution >= 4 is 22.7 Å². The van der Waals surface area contributed by atoms with E-state index in [1.807, 2.05) is 28.5 Å². The van der Waals surface area contributed by atoms with Crippen LogP contribution in [0.5, 0.6) is 0 Å². The monoisotopic (exact) mass is 343 g/mol. The van der Waals surface area contributed by atoms with Gasteiger partial charge in [-0.15, -0.1) is 11.3 Å². The molecule has 0 saturated carbocycles. The van der Waals surface area contributed by atoms with Crippen LogP contribution in [-0.4, -0.2) is 24.2 Å². The third-order valence-corrected chi connectivity index (χ3v) is 4.88. The first-order valence-electron chi connectivity index (χ1n) is 7.75. The molecule has 2 heterocycles. The quantitative estimate of drug-likeness (QED) is 0.590. The second kappa shape index (κ2) is 7.43. The van der Waals surface area contributed by atoms with Crippen molar-refractivity contribution in [3.63, 3.8) is 0 Å². The molecular formula is C17H17N3O3S. The Balaban J connectivity index is 1.94. The Labute approximate surface area is 144 Å². The molecule has 0 aliphatic carbocycles. The number of ether oxygens (including phenoxy) is 1. The lowest BCUT2D eigenvalue weighted by atomic mass is 10.1. The lowest BCUT2D eigenvalue weighted by Crippen LogP contribution is -2.32. The van der Waals surface area contributed by atoms with Crippen molar-refractivity contribution in [2.24, 2.45) is 0 Å². The van der Waals surface area contributed by atoms with Crippen molar-refractivity contribution in [2.45, 2.75) is 25.5 Å². The molecular weight excluding hydrogens is 326 g/mol. The number of benzene rings is 1. The van der Waals surface area contributed by atoms with Gasteiger partial charge in [0.25, 0.3) is 5.69 Å². The summed E-state index contributed by atoms with van der Waals surface area (Å²) in [6, 6.07) is 10.6. The Hall–Kier alpha value is -2.43. The number of nitro groups is 1. The molecule has 6 nitrogen and oxygen atoms in total. The normalized spacial score (nSPS) is 16.7. The fourth-order valence-corrected chi connectivity index (χ4v) is 3.60. The summed E-state index contributed by atoms with van der Waals surface area (Å²) in [6.07, 6.45) is 2.07. The van der Waals surface area contributed by atoms with Crippen molar-refractivity contribution in [3.05, 3.63) is 56.3 Å². The van der Waals surface area contributed by atoms with E-state index in [4.69, 9.17) is 10.00 Å². The van der Waals surface area contributed by atoms with Gasteiger partial charge in [0, 0.05) is 24.1 Å². The zero-order valence-electron chi connectivity index (χ0n) is 13.1. The number of nitriles is 1. The maximum Gasteiger partial charge on any atom is 0.293 e. The van der Waals surface area contributed by atoms with E-state index in [9.17, 15) is 10.1 Å². The average Bonchev–Trinajstić information content (AvgIpc) is 3.27. The minimum Gasteiger partial charge on any atom is -0.376 e. The highest BCUT2D eigenvalue weighted by atomic mass is 32.1. The van der Waals surface area contributed by atoms with Crippen molar-refractivity contribution in [3.8, 4) is 6.07 Å². The Bertz CT molecular complexity index is 749. The summed E-state index contributed by atoms with van der Waals surface area (Å²) in [5, 5.41) is 22.5. The van der Waals surface area contributed by atoms with E-state index in [0.717, 1.165) is 24.3 Å². The van der Waals surface area contributed by atoms with Gasteiger partial charge < -0.3 is 9.64 Å². The van der Waals surface area contributed by atoms with Gasteiger partial charge >= 0.3 is 0 Å². The number of nitrogens with zero attached hydrogens (tertiary/aromatic N) is 3. The van der Waals surface area contributed by atoms with Crippen molar-refractivity contribution in [2.75, 3.05) is 18.1 Å². The summed E-state index contributed by atoms with van der Waals surface area (Å²) in [5.74, 6) is 0. The summed E-state index contributed by atoms with van der Waals surface area (Å²) in [7, 11) is 0. The maximum atomic E-state index is 11.5. The van der Waals surface area contributed by atoms with Gasteiger partial charge in [0.1, 0.15) is 5.69 Å². The van der Waals surface area contributed by atoms with Crippen molar-refractivity contribution in [1.29, 1.82) is 5.26 Å². The summed E-state index contributed by atoms with van der Waals surface area (Å²) in [4.78, 5) is 14.2. The molecule has 1 atom stereocenters. The van der Waals surface area contributed by atoms with E-state index < -0.39 is 4.92 Å². The van der Waals surface area contributed by atoms with Gasteiger partial charge in [-0.3, -0.25) is 10.1 Å². The lowest BCUT2D eigenvalue weighted by molar-refractivity contribution is -0.384. The smallest absolute Gasteiger partial charge is 0.293 e. The topological polar surface area (TPSA) is 79.4 Å². The van der Waals surface area contributed by atoms with Crippen LogP contribution in [0.1, 0.15) is 23.3 Å². The van der Waals surface area contributed by atoms with E-state index in [1.165, 1.54) is 6.07 Å². The largest absolute Gasteiger partial charge is 0.376 e. The predicted octanol–water partition coefficient (Wildman–Crippen LogP) is 3.71. The number of rotatable bonds is 6. The second-order valence-corrected chi connectivity index (χ2v) is 6.70. The zero-order valence-corrected chi connectivity index (χ0v) is 13.9. The Morgan fingerprint density at radius 3 is 2.96 bits per heavy atom. The molecule has 124 valence electrons. The number of hydrogen-bond donors (Lipinski definition) is 0. The Morgan fingerprint density at radius 2 is 2.33 bits per heavy atom. The molecule has 1 unspecified atom stereocenters. The van der Waals surface area contributed by atoms with Gasteiger partial charge in [-0.1, -0.05) is 6.07 Å². The van der Waals surface area contributed by atoms with Gasteiger partial charge in [-0.2, -0.15) is 5.26 Å². The minimum atomic E-state index is -0.424. The molecule has 1 fully saturated rings. The van der Waals surface area contributed by atoms with E-state index in [2.05, 4.69) is 0 Å². The van der Waals surface area contributed by atoms with Crippen molar-refractivity contribution < 1.29 is 9.66 Å². The fraction of sp³-hybridized carbons (Fsp3) is 0.353. The molecule has 0 radical (unpaired) electrons. The first-order chi connectivity index (χ1) is 11.7. The minimum absolute atomic E-state index is 0.0383. The molecule has 0 spiro atoms. The highest BCUT2D eigenvalue weighted by Crippen LogP contribution is 2.32. The summed E-state index contributed by atoms with van der Waals surface area (Å²) in [5.41, 5.74) is 0.783. The Morgan fingerprint density at radius 1 is 1.46 bits per heavy atom. The molecule has 0 N–H and O–H groups in total. The predicted molar refractivity (Wildman–Crippen MR) is 92.2 cm³/mol. The molecule has 2 aromatic rings.